The first-order valence-corrected chi connectivity index (χ1v) is 11.5. The average molecular weight is 461 g/mol. The number of carboxylic acids is 1. The lowest BCUT2D eigenvalue weighted by atomic mass is 9.99. The highest BCUT2D eigenvalue weighted by Crippen LogP contribution is 2.10. The van der Waals surface area contributed by atoms with Crippen molar-refractivity contribution in [1.82, 2.24) is 21.3 Å². The van der Waals surface area contributed by atoms with Crippen LogP contribution in [0.2, 0.25) is 0 Å². The number of carbonyl (C=O) groups is 4. The minimum atomic E-state index is -1.14. The van der Waals surface area contributed by atoms with Gasteiger partial charge in [0.1, 0.15) is 18.1 Å². The Morgan fingerprint density at radius 1 is 0.939 bits per heavy atom. The van der Waals surface area contributed by atoms with Crippen LogP contribution in [0.25, 0.3) is 0 Å². The number of nitrogens with one attached hydrogen (secondary N) is 4. The van der Waals surface area contributed by atoms with E-state index < -0.39 is 35.9 Å². The average Bonchev–Trinajstić information content (AvgIpc) is 3.30. The number of amides is 3. The molecule has 0 aliphatic carbocycles. The van der Waals surface area contributed by atoms with Crippen molar-refractivity contribution in [3.8, 4) is 0 Å². The molecule has 0 radical (unpaired) electrons. The highest BCUT2D eigenvalue weighted by molar-refractivity contribution is 5.94. The maximum atomic E-state index is 13.2. The zero-order chi connectivity index (χ0) is 24.5. The van der Waals surface area contributed by atoms with Crippen LogP contribution in [0.1, 0.15) is 46.1 Å². The molecule has 1 aromatic rings. The fourth-order valence-corrected chi connectivity index (χ4v) is 3.79. The molecule has 1 aromatic carbocycles. The van der Waals surface area contributed by atoms with Crippen LogP contribution in [-0.4, -0.2) is 59.5 Å². The Kier molecular flexibility index (Phi) is 9.84. The topological polar surface area (TPSA) is 137 Å². The second-order valence-electron chi connectivity index (χ2n) is 9.20. The summed E-state index contributed by atoms with van der Waals surface area (Å²) in [6.45, 7) is 7.79. The molecular weight excluding hydrogens is 424 g/mol. The monoisotopic (exact) mass is 460 g/mol. The number of aliphatic carboxylic acids is 1. The lowest BCUT2D eigenvalue weighted by Crippen LogP contribution is -2.59. The molecule has 182 valence electrons. The summed E-state index contributed by atoms with van der Waals surface area (Å²) in [5.74, 6) is -2.99. The highest BCUT2D eigenvalue weighted by atomic mass is 16.4. The maximum absolute atomic E-state index is 13.2. The summed E-state index contributed by atoms with van der Waals surface area (Å²) in [4.78, 5) is 50.3. The summed E-state index contributed by atoms with van der Waals surface area (Å²) in [5, 5.41) is 20.7. The summed E-state index contributed by atoms with van der Waals surface area (Å²) >= 11 is 0. The minimum absolute atomic E-state index is 0.186. The Morgan fingerprint density at radius 2 is 1.58 bits per heavy atom. The molecule has 3 amide bonds. The Bertz CT molecular complexity index is 821. The standard InChI is InChI=1S/C24H36N4O5/c1-14(2)19(27-21(29)17-11-8-12-25-17)23(31)26-18(13-16-9-6-5-7-10-16)22(30)28-20(15(3)4)24(32)33/h5-7,9-10,14-15,17-20,25H,8,11-13H2,1-4H3,(H,26,31)(H,27,29)(H,28,30)(H,32,33)/t17-,18-,19-,20-/m0/s1. The van der Waals surface area contributed by atoms with E-state index in [1.54, 1.807) is 13.8 Å². The first kappa shape index (κ1) is 26.3. The van der Waals surface area contributed by atoms with Gasteiger partial charge in [-0.1, -0.05) is 58.0 Å². The summed E-state index contributed by atoms with van der Waals surface area (Å²) in [6, 6.07) is 5.92. The van der Waals surface area contributed by atoms with E-state index in [0.29, 0.717) is 6.42 Å². The number of rotatable bonds is 11. The van der Waals surface area contributed by atoms with Crippen molar-refractivity contribution in [3.63, 3.8) is 0 Å². The van der Waals surface area contributed by atoms with Crippen LogP contribution >= 0.6 is 0 Å². The molecule has 9 nitrogen and oxygen atoms in total. The van der Waals surface area contributed by atoms with Crippen molar-refractivity contribution in [2.24, 2.45) is 11.8 Å². The van der Waals surface area contributed by atoms with Crippen molar-refractivity contribution in [1.29, 1.82) is 0 Å². The quantitative estimate of drug-likeness (QED) is 0.332. The van der Waals surface area contributed by atoms with Crippen LogP contribution in [0.15, 0.2) is 30.3 Å². The van der Waals surface area contributed by atoms with E-state index in [1.807, 2.05) is 44.2 Å². The second kappa shape index (κ2) is 12.3. The lowest BCUT2D eigenvalue weighted by Gasteiger charge is -2.27. The summed E-state index contributed by atoms with van der Waals surface area (Å²) in [6.07, 6.45) is 1.80. The van der Waals surface area contributed by atoms with E-state index in [4.69, 9.17) is 0 Å². The second-order valence-corrected chi connectivity index (χ2v) is 9.20. The molecule has 4 atom stereocenters. The molecule has 1 heterocycles. The third-order valence-electron chi connectivity index (χ3n) is 5.77. The molecule has 1 aliphatic heterocycles. The van der Waals surface area contributed by atoms with Gasteiger partial charge in [-0.25, -0.2) is 4.79 Å². The molecule has 0 spiro atoms. The number of benzene rings is 1. The van der Waals surface area contributed by atoms with Gasteiger partial charge in [-0.2, -0.15) is 0 Å². The van der Waals surface area contributed by atoms with E-state index in [9.17, 15) is 24.3 Å². The fraction of sp³-hybridized carbons (Fsp3) is 0.583. The van der Waals surface area contributed by atoms with Gasteiger partial charge in [0, 0.05) is 6.42 Å². The largest absolute Gasteiger partial charge is 0.480 e. The van der Waals surface area contributed by atoms with Crippen LogP contribution in [0, 0.1) is 11.8 Å². The van der Waals surface area contributed by atoms with Gasteiger partial charge in [-0.05, 0) is 36.8 Å². The molecule has 1 aliphatic rings. The predicted molar refractivity (Wildman–Crippen MR) is 124 cm³/mol. The molecule has 0 saturated carbocycles. The van der Waals surface area contributed by atoms with Crippen molar-refractivity contribution >= 4 is 23.7 Å². The molecule has 2 rings (SSSR count). The zero-order valence-electron chi connectivity index (χ0n) is 19.8. The van der Waals surface area contributed by atoms with Gasteiger partial charge in [0.25, 0.3) is 0 Å². The molecule has 5 N–H and O–H groups in total. The fourth-order valence-electron chi connectivity index (χ4n) is 3.79. The van der Waals surface area contributed by atoms with E-state index in [-0.39, 0.29) is 30.2 Å². The summed E-state index contributed by atoms with van der Waals surface area (Å²) in [5.41, 5.74) is 0.815. The maximum Gasteiger partial charge on any atom is 0.326 e. The van der Waals surface area contributed by atoms with Crippen LogP contribution in [0.3, 0.4) is 0 Å². The molecule has 0 bridgehead atoms. The predicted octanol–water partition coefficient (Wildman–Crippen LogP) is 0.832. The van der Waals surface area contributed by atoms with Crippen LogP contribution in [0.5, 0.6) is 0 Å². The third-order valence-corrected chi connectivity index (χ3v) is 5.77. The minimum Gasteiger partial charge on any atom is -0.480 e. The number of hydrogen-bond acceptors (Lipinski definition) is 5. The van der Waals surface area contributed by atoms with Gasteiger partial charge in [-0.15, -0.1) is 0 Å². The SMILES string of the molecule is CC(C)[C@H](NC(=O)[C@H](Cc1ccccc1)NC(=O)[C@@H](NC(=O)[C@@H]1CCCN1)C(C)C)C(=O)O. The van der Waals surface area contributed by atoms with Gasteiger partial charge in [-0.3, -0.25) is 14.4 Å². The number of hydrogen-bond donors (Lipinski definition) is 5. The first-order chi connectivity index (χ1) is 15.6. The Morgan fingerprint density at radius 3 is 2.09 bits per heavy atom. The number of carboxylic acid groups (broad SMARTS) is 1. The van der Waals surface area contributed by atoms with Crippen LogP contribution in [-0.2, 0) is 25.6 Å². The van der Waals surface area contributed by atoms with Crippen molar-refractivity contribution in [2.75, 3.05) is 6.54 Å². The van der Waals surface area contributed by atoms with Crippen molar-refractivity contribution in [3.05, 3.63) is 35.9 Å². The van der Waals surface area contributed by atoms with Crippen LogP contribution in [0.4, 0.5) is 0 Å². The number of carbonyl (C=O) groups excluding carboxylic acids is 3. The van der Waals surface area contributed by atoms with Gasteiger partial charge >= 0.3 is 5.97 Å². The smallest absolute Gasteiger partial charge is 0.326 e. The van der Waals surface area contributed by atoms with E-state index in [1.165, 1.54) is 0 Å². The van der Waals surface area contributed by atoms with Crippen molar-refractivity contribution < 1.29 is 24.3 Å². The van der Waals surface area contributed by atoms with Gasteiger partial charge in [0.05, 0.1) is 6.04 Å². The molecule has 9 heteroatoms. The molecule has 0 unspecified atom stereocenters. The Labute approximate surface area is 195 Å². The van der Waals surface area contributed by atoms with Gasteiger partial charge in [0.2, 0.25) is 17.7 Å². The zero-order valence-corrected chi connectivity index (χ0v) is 19.8. The van der Waals surface area contributed by atoms with Gasteiger partial charge < -0.3 is 26.4 Å². The molecule has 33 heavy (non-hydrogen) atoms. The molecule has 1 fully saturated rings. The lowest BCUT2D eigenvalue weighted by molar-refractivity contribution is -0.143. The normalized spacial score (nSPS) is 18.4. The highest BCUT2D eigenvalue weighted by Gasteiger charge is 2.33. The van der Waals surface area contributed by atoms with E-state index >= 15 is 0 Å². The van der Waals surface area contributed by atoms with Crippen LogP contribution < -0.4 is 21.3 Å². The molecule has 0 aromatic heterocycles. The Hall–Kier alpha value is -2.94. The van der Waals surface area contributed by atoms with E-state index in [0.717, 1.165) is 18.5 Å². The Balaban J connectivity index is 2.18. The summed E-state index contributed by atoms with van der Waals surface area (Å²) in [7, 11) is 0. The first-order valence-electron chi connectivity index (χ1n) is 11.5. The third kappa shape index (κ3) is 7.85. The van der Waals surface area contributed by atoms with Crippen molar-refractivity contribution in [2.45, 2.75) is 71.1 Å². The molecule has 1 saturated heterocycles. The van der Waals surface area contributed by atoms with Gasteiger partial charge in [0.15, 0.2) is 0 Å². The summed E-state index contributed by atoms with van der Waals surface area (Å²) < 4.78 is 0. The van der Waals surface area contributed by atoms with E-state index in [2.05, 4.69) is 21.3 Å². The molecular formula is C24H36N4O5.